The molecule has 3 nitrogen and oxygen atoms in total. The summed E-state index contributed by atoms with van der Waals surface area (Å²) < 4.78 is 5.85. The van der Waals surface area contributed by atoms with Crippen LogP contribution in [0.3, 0.4) is 0 Å². The van der Waals surface area contributed by atoms with Gasteiger partial charge in [0.15, 0.2) is 5.78 Å². The molecule has 1 saturated heterocycles. The van der Waals surface area contributed by atoms with Crippen LogP contribution in [0.2, 0.25) is 0 Å². The molecule has 104 valence electrons. The van der Waals surface area contributed by atoms with Crippen molar-refractivity contribution in [2.45, 2.75) is 38.9 Å². The topological polar surface area (TPSA) is 29.5 Å². The van der Waals surface area contributed by atoms with E-state index in [-0.39, 0.29) is 17.5 Å². The molecule has 0 N–H and O–H groups in total. The van der Waals surface area contributed by atoms with Crippen molar-refractivity contribution in [2.24, 2.45) is 0 Å². The van der Waals surface area contributed by atoms with Crippen LogP contribution >= 0.6 is 0 Å². The van der Waals surface area contributed by atoms with Crippen LogP contribution in [0.1, 0.15) is 26.3 Å². The van der Waals surface area contributed by atoms with Gasteiger partial charge in [-0.15, -0.1) is 0 Å². The summed E-state index contributed by atoms with van der Waals surface area (Å²) in [4.78, 5) is 14.3. The third-order valence-corrected chi connectivity index (χ3v) is 3.28. The Morgan fingerprint density at radius 1 is 1.37 bits per heavy atom. The Hall–Kier alpha value is -1.19. The molecule has 19 heavy (non-hydrogen) atoms. The van der Waals surface area contributed by atoms with Gasteiger partial charge in [-0.1, -0.05) is 30.3 Å². The highest BCUT2D eigenvalue weighted by molar-refractivity contribution is 5.82. The van der Waals surface area contributed by atoms with Gasteiger partial charge in [-0.25, -0.2) is 0 Å². The van der Waals surface area contributed by atoms with Crippen molar-refractivity contribution in [1.82, 2.24) is 4.90 Å². The molecular weight excluding hydrogens is 238 g/mol. The van der Waals surface area contributed by atoms with Crippen LogP contribution in [-0.2, 0) is 16.0 Å². The predicted octanol–water partition coefficient (Wildman–Crippen LogP) is 2.30. The van der Waals surface area contributed by atoms with Gasteiger partial charge in [0.25, 0.3) is 0 Å². The smallest absolute Gasteiger partial charge is 0.151 e. The van der Waals surface area contributed by atoms with Gasteiger partial charge in [0.2, 0.25) is 0 Å². The van der Waals surface area contributed by atoms with E-state index in [2.05, 4.69) is 25.7 Å². The first-order valence-electron chi connectivity index (χ1n) is 6.90. The van der Waals surface area contributed by atoms with Crippen LogP contribution in [0.15, 0.2) is 30.3 Å². The van der Waals surface area contributed by atoms with Crippen molar-refractivity contribution in [3.8, 4) is 0 Å². The maximum absolute atomic E-state index is 12.1. The van der Waals surface area contributed by atoms with Gasteiger partial charge in [-0.3, -0.25) is 9.69 Å². The van der Waals surface area contributed by atoms with E-state index in [9.17, 15) is 4.79 Å². The molecule has 1 fully saturated rings. The van der Waals surface area contributed by atoms with Crippen molar-refractivity contribution >= 4 is 5.78 Å². The summed E-state index contributed by atoms with van der Waals surface area (Å²) >= 11 is 0. The van der Waals surface area contributed by atoms with E-state index in [4.69, 9.17) is 4.74 Å². The number of carbonyl (C=O) groups excluding carboxylic acids is 1. The third kappa shape index (κ3) is 4.44. The summed E-state index contributed by atoms with van der Waals surface area (Å²) in [7, 11) is 0. The molecule has 2 rings (SSSR count). The van der Waals surface area contributed by atoms with E-state index >= 15 is 0 Å². The van der Waals surface area contributed by atoms with Gasteiger partial charge in [0.1, 0.15) is 0 Å². The molecule has 0 amide bonds. The zero-order valence-electron chi connectivity index (χ0n) is 12.1. The molecule has 0 aliphatic carbocycles. The van der Waals surface area contributed by atoms with Gasteiger partial charge in [-0.05, 0) is 26.3 Å². The summed E-state index contributed by atoms with van der Waals surface area (Å²) in [6.07, 6.45) is 0.709. The second-order valence-corrected chi connectivity index (χ2v) is 6.06. The number of Topliss-reactive ketones (excluding diaryl/α,β-unsaturated/α-hetero) is 1. The fraction of sp³-hybridized carbons (Fsp3) is 0.562. The van der Waals surface area contributed by atoms with Gasteiger partial charge in [0.05, 0.1) is 18.2 Å². The van der Waals surface area contributed by atoms with Crippen molar-refractivity contribution < 1.29 is 9.53 Å². The predicted molar refractivity (Wildman–Crippen MR) is 76.2 cm³/mol. The summed E-state index contributed by atoms with van der Waals surface area (Å²) in [5, 5.41) is 0. The van der Waals surface area contributed by atoms with Crippen LogP contribution < -0.4 is 0 Å². The summed E-state index contributed by atoms with van der Waals surface area (Å²) in [5.41, 5.74) is 0.929. The number of morpholine rings is 1. The first-order valence-corrected chi connectivity index (χ1v) is 6.90. The van der Waals surface area contributed by atoms with Crippen LogP contribution in [-0.4, -0.2) is 42.0 Å². The van der Waals surface area contributed by atoms with Crippen molar-refractivity contribution in [2.75, 3.05) is 19.6 Å². The van der Waals surface area contributed by atoms with E-state index in [0.29, 0.717) is 13.0 Å². The molecule has 0 spiro atoms. The Balaban J connectivity index is 1.88. The van der Waals surface area contributed by atoms with Crippen LogP contribution in [0, 0.1) is 0 Å². The second-order valence-electron chi connectivity index (χ2n) is 6.06. The minimum Gasteiger partial charge on any atom is -0.370 e. The molecule has 1 aromatic carbocycles. The number of benzene rings is 1. The maximum atomic E-state index is 12.1. The molecule has 1 aromatic rings. The summed E-state index contributed by atoms with van der Waals surface area (Å²) in [6.45, 7) is 8.40. The van der Waals surface area contributed by atoms with Crippen molar-refractivity contribution in [1.29, 1.82) is 0 Å². The normalized spacial score (nSPS) is 23.2. The minimum atomic E-state index is -0.162. The van der Waals surface area contributed by atoms with Gasteiger partial charge in [-0.2, -0.15) is 0 Å². The fourth-order valence-corrected chi connectivity index (χ4v) is 2.84. The lowest BCUT2D eigenvalue weighted by molar-refractivity contribution is -0.137. The number of ether oxygens (including phenoxy) is 1. The highest BCUT2D eigenvalue weighted by Crippen LogP contribution is 2.20. The van der Waals surface area contributed by atoms with E-state index in [0.717, 1.165) is 18.7 Å². The SMILES string of the molecule is CC1CN(CC(=O)Cc2ccccc2)CC(C)(C)O1. The second kappa shape index (κ2) is 5.85. The zero-order valence-corrected chi connectivity index (χ0v) is 12.1. The monoisotopic (exact) mass is 261 g/mol. The molecule has 1 heterocycles. The Morgan fingerprint density at radius 2 is 2.05 bits per heavy atom. The number of ketones is 1. The average Bonchev–Trinajstić information content (AvgIpc) is 2.26. The lowest BCUT2D eigenvalue weighted by Crippen LogP contribution is -2.53. The fourth-order valence-electron chi connectivity index (χ4n) is 2.84. The highest BCUT2D eigenvalue weighted by Gasteiger charge is 2.31. The molecule has 0 radical (unpaired) electrons. The molecule has 3 heteroatoms. The summed E-state index contributed by atoms with van der Waals surface area (Å²) in [5.74, 6) is 0.274. The Labute approximate surface area is 115 Å². The Kier molecular flexibility index (Phi) is 4.38. The third-order valence-electron chi connectivity index (χ3n) is 3.28. The number of hydrogen-bond donors (Lipinski definition) is 0. The first kappa shape index (κ1) is 14.2. The highest BCUT2D eigenvalue weighted by atomic mass is 16.5. The van der Waals surface area contributed by atoms with Crippen molar-refractivity contribution in [3.05, 3.63) is 35.9 Å². The minimum absolute atomic E-state index is 0.162. The molecule has 0 aromatic heterocycles. The van der Waals surface area contributed by atoms with Gasteiger partial charge >= 0.3 is 0 Å². The quantitative estimate of drug-likeness (QED) is 0.833. The van der Waals surface area contributed by atoms with E-state index in [1.54, 1.807) is 0 Å². The maximum Gasteiger partial charge on any atom is 0.151 e. The van der Waals surface area contributed by atoms with Gasteiger partial charge < -0.3 is 4.74 Å². The van der Waals surface area contributed by atoms with Gasteiger partial charge in [0, 0.05) is 19.5 Å². The Bertz CT molecular complexity index is 428. The number of rotatable bonds is 4. The number of hydrogen-bond acceptors (Lipinski definition) is 3. The molecule has 1 aliphatic rings. The number of nitrogens with zero attached hydrogens (tertiary/aromatic N) is 1. The summed E-state index contributed by atoms with van der Waals surface area (Å²) in [6, 6.07) is 9.93. The first-order chi connectivity index (χ1) is 8.94. The van der Waals surface area contributed by atoms with Crippen LogP contribution in [0.4, 0.5) is 0 Å². The molecule has 1 atom stereocenters. The lowest BCUT2D eigenvalue weighted by atomic mass is 10.0. The van der Waals surface area contributed by atoms with E-state index in [1.165, 1.54) is 0 Å². The largest absolute Gasteiger partial charge is 0.370 e. The average molecular weight is 261 g/mol. The van der Waals surface area contributed by atoms with Crippen LogP contribution in [0.5, 0.6) is 0 Å². The zero-order chi connectivity index (χ0) is 13.9. The van der Waals surface area contributed by atoms with E-state index < -0.39 is 0 Å². The molecule has 1 aliphatic heterocycles. The van der Waals surface area contributed by atoms with E-state index in [1.807, 2.05) is 30.3 Å². The van der Waals surface area contributed by atoms with Crippen LogP contribution in [0.25, 0.3) is 0 Å². The standard InChI is InChI=1S/C16H23NO2/c1-13-10-17(12-16(2,3)19-13)11-15(18)9-14-7-5-4-6-8-14/h4-8,13H,9-12H2,1-3H3. The molecule has 0 saturated carbocycles. The lowest BCUT2D eigenvalue weighted by Gasteiger charge is -2.41. The molecule has 0 bridgehead atoms. The van der Waals surface area contributed by atoms with Crippen molar-refractivity contribution in [3.63, 3.8) is 0 Å². The molecular formula is C16H23NO2. The number of carbonyl (C=O) groups is 1. The molecule has 1 unspecified atom stereocenters. The Morgan fingerprint density at radius 3 is 2.68 bits per heavy atom.